The minimum atomic E-state index is -0.926. The predicted octanol–water partition coefficient (Wildman–Crippen LogP) is 2.93. The maximum atomic E-state index is 13.6. The molecule has 2 aromatic carbocycles. The molecule has 0 fully saturated rings. The number of benzene rings is 2. The number of ketones is 1. The fraction of sp³-hybridized carbons (Fsp3) is 0. The van der Waals surface area contributed by atoms with Gasteiger partial charge in [0.1, 0.15) is 23.0 Å². The van der Waals surface area contributed by atoms with Crippen LogP contribution in [0.15, 0.2) is 36.4 Å². The zero-order chi connectivity index (χ0) is 14.4. The second kappa shape index (κ2) is 4.19. The van der Waals surface area contributed by atoms with E-state index in [2.05, 4.69) is 0 Å². The zero-order valence-electron chi connectivity index (χ0n) is 9.86. The van der Waals surface area contributed by atoms with Gasteiger partial charge in [0.25, 0.3) is 11.5 Å². The number of fused-ring (bicyclic) bond motifs is 1. The van der Waals surface area contributed by atoms with Gasteiger partial charge >= 0.3 is 0 Å². The maximum absolute atomic E-state index is 13.6. The first-order valence-corrected chi connectivity index (χ1v) is 5.63. The van der Waals surface area contributed by atoms with Crippen molar-refractivity contribution in [3.63, 3.8) is 0 Å². The summed E-state index contributed by atoms with van der Waals surface area (Å²) < 4.78 is 40.2. The zero-order valence-corrected chi connectivity index (χ0v) is 9.86. The van der Waals surface area contributed by atoms with Crippen LogP contribution in [-0.4, -0.2) is 16.2 Å². The Hall–Kier alpha value is -2.63. The second-order valence-corrected chi connectivity index (χ2v) is 4.26. The first-order chi connectivity index (χ1) is 9.49. The molecule has 0 aliphatic carbocycles. The number of nitrogens with zero attached hydrogens (tertiary/aromatic N) is 1. The van der Waals surface area contributed by atoms with Crippen molar-refractivity contribution < 1.29 is 22.7 Å². The van der Waals surface area contributed by atoms with Crippen LogP contribution in [0.3, 0.4) is 0 Å². The third kappa shape index (κ3) is 1.69. The molecule has 0 bridgehead atoms. The normalized spacial score (nSPS) is 13.8. The summed E-state index contributed by atoms with van der Waals surface area (Å²) in [5.74, 6) is -3.59. The Bertz CT molecular complexity index is 764. The third-order valence-electron chi connectivity index (χ3n) is 2.99. The van der Waals surface area contributed by atoms with Gasteiger partial charge in [-0.3, -0.25) is 4.79 Å². The van der Waals surface area contributed by atoms with Crippen molar-refractivity contribution in [1.82, 2.24) is 0 Å². The van der Waals surface area contributed by atoms with Gasteiger partial charge in [-0.25, -0.2) is 13.2 Å². The molecule has 100 valence electrons. The number of carbonyl (C=O) groups is 1. The third-order valence-corrected chi connectivity index (χ3v) is 2.99. The van der Waals surface area contributed by atoms with Crippen molar-refractivity contribution >= 4 is 17.2 Å². The van der Waals surface area contributed by atoms with Crippen LogP contribution in [0, 0.1) is 22.7 Å². The summed E-state index contributed by atoms with van der Waals surface area (Å²) in [5, 5.41) is 12.0. The van der Waals surface area contributed by atoms with E-state index < -0.39 is 28.9 Å². The molecule has 1 heterocycles. The Morgan fingerprint density at radius 1 is 1.00 bits per heavy atom. The van der Waals surface area contributed by atoms with Crippen molar-refractivity contribution in [1.29, 1.82) is 0 Å². The van der Waals surface area contributed by atoms with Crippen molar-refractivity contribution in [2.24, 2.45) is 0 Å². The minimum Gasteiger partial charge on any atom is -0.618 e. The van der Waals surface area contributed by atoms with Crippen LogP contribution in [0.25, 0.3) is 0 Å². The van der Waals surface area contributed by atoms with Crippen molar-refractivity contribution in [3.8, 4) is 0 Å². The van der Waals surface area contributed by atoms with Crippen molar-refractivity contribution in [2.45, 2.75) is 0 Å². The summed E-state index contributed by atoms with van der Waals surface area (Å²) >= 11 is 0. The summed E-state index contributed by atoms with van der Waals surface area (Å²) in [4.78, 5) is 12.1. The molecule has 0 spiro atoms. The van der Waals surface area contributed by atoms with Gasteiger partial charge in [0, 0.05) is 12.1 Å². The Balaban J connectivity index is 2.24. The largest absolute Gasteiger partial charge is 0.618 e. The summed E-state index contributed by atoms with van der Waals surface area (Å²) in [7, 11) is 0. The molecule has 1 aliphatic heterocycles. The van der Waals surface area contributed by atoms with Crippen LogP contribution in [0.5, 0.6) is 0 Å². The molecule has 3 nitrogen and oxygen atoms in total. The van der Waals surface area contributed by atoms with Gasteiger partial charge < -0.3 is 5.21 Å². The smallest absolute Gasteiger partial charge is 0.273 e. The van der Waals surface area contributed by atoms with E-state index in [-0.39, 0.29) is 21.6 Å². The van der Waals surface area contributed by atoms with E-state index in [0.29, 0.717) is 6.07 Å². The number of rotatable bonds is 1. The van der Waals surface area contributed by atoms with E-state index in [0.717, 1.165) is 18.2 Å². The van der Waals surface area contributed by atoms with Crippen LogP contribution < -0.4 is 0 Å². The molecule has 0 saturated heterocycles. The molecule has 0 aromatic heterocycles. The maximum Gasteiger partial charge on any atom is 0.273 e. The molecule has 2 aromatic rings. The van der Waals surface area contributed by atoms with Gasteiger partial charge in [-0.05, 0) is 18.2 Å². The first kappa shape index (κ1) is 12.4. The molecular weight excluding hydrogens is 271 g/mol. The highest BCUT2D eigenvalue weighted by Gasteiger charge is 2.39. The number of halogens is 3. The SMILES string of the molecule is O=C1C(c2cc(F)cc(F)c2)=[N+]([O-])c2cccc(F)c21. The highest BCUT2D eigenvalue weighted by molar-refractivity contribution is 6.52. The average molecular weight is 277 g/mol. The molecule has 6 heteroatoms. The van der Waals surface area contributed by atoms with Gasteiger partial charge in [0.15, 0.2) is 0 Å². The second-order valence-electron chi connectivity index (χ2n) is 4.26. The average Bonchev–Trinajstić information content (AvgIpc) is 2.61. The summed E-state index contributed by atoms with van der Waals surface area (Å²) in [5.41, 5.74) is -1.28. The molecule has 0 saturated carbocycles. The molecule has 0 radical (unpaired) electrons. The van der Waals surface area contributed by atoms with Gasteiger partial charge in [-0.2, -0.15) is 4.74 Å². The molecule has 3 rings (SSSR count). The number of Topliss-reactive ketones (excluding diaryl/α,β-unsaturated/α-hetero) is 1. The molecule has 0 amide bonds. The van der Waals surface area contributed by atoms with E-state index in [4.69, 9.17) is 0 Å². The number of carbonyl (C=O) groups excluding carboxylic acids is 1. The van der Waals surface area contributed by atoms with E-state index in [1.165, 1.54) is 12.1 Å². The lowest BCUT2D eigenvalue weighted by Gasteiger charge is -2.02. The van der Waals surface area contributed by atoms with E-state index >= 15 is 0 Å². The first-order valence-electron chi connectivity index (χ1n) is 5.63. The van der Waals surface area contributed by atoms with E-state index in [1.54, 1.807) is 0 Å². The van der Waals surface area contributed by atoms with Crippen molar-refractivity contribution in [3.05, 3.63) is 70.2 Å². The molecule has 0 N–H and O–H groups in total. The quantitative estimate of drug-likeness (QED) is 0.594. The summed E-state index contributed by atoms with van der Waals surface area (Å²) in [6, 6.07) is 5.91. The van der Waals surface area contributed by atoms with Gasteiger partial charge in [-0.1, -0.05) is 6.07 Å². The molecule has 1 aliphatic rings. The van der Waals surface area contributed by atoms with Crippen LogP contribution >= 0.6 is 0 Å². The molecule has 0 atom stereocenters. The molecule has 20 heavy (non-hydrogen) atoms. The summed E-state index contributed by atoms with van der Waals surface area (Å²) in [6.45, 7) is 0. The lowest BCUT2D eigenvalue weighted by molar-refractivity contribution is -0.355. The fourth-order valence-corrected chi connectivity index (χ4v) is 2.18. The Labute approximate surface area is 111 Å². The van der Waals surface area contributed by atoms with Crippen LogP contribution in [0.4, 0.5) is 18.9 Å². The van der Waals surface area contributed by atoms with E-state index in [9.17, 15) is 23.2 Å². The van der Waals surface area contributed by atoms with Gasteiger partial charge in [-0.15, -0.1) is 0 Å². The van der Waals surface area contributed by atoms with Crippen LogP contribution in [-0.2, 0) is 0 Å². The lowest BCUT2D eigenvalue weighted by Crippen LogP contribution is -2.17. The number of hydrogen-bond acceptors (Lipinski definition) is 2. The van der Waals surface area contributed by atoms with E-state index in [1.807, 2.05) is 0 Å². The molecular formula is C14H6F3NO2. The Morgan fingerprint density at radius 3 is 2.25 bits per heavy atom. The lowest BCUT2D eigenvalue weighted by atomic mass is 10.0. The predicted molar refractivity (Wildman–Crippen MR) is 64.5 cm³/mol. The monoisotopic (exact) mass is 277 g/mol. The minimum absolute atomic E-state index is 0.172. The van der Waals surface area contributed by atoms with Crippen LogP contribution in [0.2, 0.25) is 0 Å². The number of hydrogen-bond donors (Lipinski definition) is 0. The van der Waals surface area contributed by atoms with Gasteiger partial charge in [0.2, 0.25) is 5.69 Å². The Kier molecular flexibility index (Phi) is 2.60. The highest BCUT2D eigenvalue weighted by atomic mass is 19.1. The van der Waals surface area contributed by atoms with Crippen LogP contribution in [0.1, 0.15) is 15.9 Å². The fourth-order valence-electron chi connectivity index (χ4n) is 2.18. The van der Waals surface area contributed by atoms with Gasteiger partial charge in [0.05, 0.1) is 5.56 Å². The summed E-state index contributed by atoms with van der Waals surface area (Å²) in [6.07, 6.45) is 0. The Morgan fingerprint density at radius 2 is 1.65 bits per heavy atom. The van der Waals surface area contributed by atoms with Crippen molar-refractivity contribution in [2.75, 3.05) is 0 Å². The highest BCUT2D eigenvalue weighted by Crippen LogP contribution is 2.30. The molecule has 0 unspecified atom stereocenters. The topological polar surface area (TPSA) is 43.1 Å². The standard InChI is InChI=1S/C14H6F3NO2/c15-8-4-7(5-9(16)6-8)13-14(19)12-10(17)2-1-3-11(12)18(13)20/h1-6H.